The van der Waals surface area contributed by atoms with Gasteiger partial charge in [0.1, 0.15) is 12.6 Å². The number of thioether (sulfide) groups is 1. The maximum absolute atomic E-state index is 14.1. The van der Waals surface area contributed by atoms with Crippen LogP contribution in [0.1, 0.15) is 51.9 Å². The van der Waals surface area contributed by atoms with E-state index >= 15 is 0 Å². The summed E-state index contributed by atoms with van der Waals surface area (Å²) in [4.78, 5) is 44.8. The van der Waals surface area contributed by atoms with E-state index in [2.05, 4.69) is 36.0 Å². The number of nitrogens with zero attached hydrogens (tertiary/aromatic N) is 2. The van der Waals surface area contributed by atoms with Crippen molar-refractivity contribution in [3.63, 3.8) is 0 Å². The minimum absolute atomic E-state index is 0.0235. The van der Waals surface area contributed by atoms with Gasteiger partial charge in [-0.05, 0) is 32.1 Å². The first kappa shape index (κ1) is 28.3. The Balaban J connectivity index is 1.95. The summed E-state index contributed by atoms with van der Waals surface area (Å²) in [5.41, 5.74) is 0. The van der Waals surface area contributed by atoms with Gasteiger partial charge in [-0.1, -0.05) is 54.4 Å². The fourth-order valence-electron chi connectivity index (χ4n) is 5.90. The monoisotopic (exact) mass is 570 g/mol. The Kier molecular flexibility index (Phi) is 10.3. The first-order valence-electron chi connectivity index (χ1n) is 12.8. The van der Waals surface area contributed by atoms with Gasteiger partial charge in [-0.25, -0.2) is 0 Å². The lowest BCUT2D eigenvalue weighted by atomic mass is 9.71. The van der Waals surface area contributed by atoms with Crippen molar-refractivity contribution in [2.75, 3.05) is 32.8 Å². The van der Waals surface area contributed by atoms with E-state index in [4.69, 9.17) is 4.74 Å². The normalized spacial score (nSPS) is 30.9. The van der Waals surface area contributed by atoms with Crippen molar-refractivity contribution >= 4 is 45.5 Å². The molecule has 9 heteroatoms. The van der Waals surface area contributed by atoms with E-state index in [1.165, 1.54) is 6.08 Å². The molecule has 3 rings (SSSR count). The molecule has 35 heavy (non-hydrogen) atoms. The standard InChI is InChI=1S/C26H39BrN2O5S/c1-4-7-9-13-28(12-5-2)24(32)22-26-17-18(27)21(35-26)19(25(33)34-16-6-3)20(26)23(31)29(22)14-10-8-11-15-30/h5-6,18-22,30H,2-4,7-17H2,1H3/t18?,19-,20-,21-,22?,26?/m0/s1. The third kappa shape index (κ3) is 5.52. The molecule has 3 fully saturated rings. The number of aliphatic hydroxyl groups is 1. The van der Waals surface area contributed by atoms with Gasteiger partial charge in [-0.3, -0.25) is 14.4 Å². The molecule has 3 aliphatic heterocycles. The van der Waals surface area contributed by atoms with Gasteiger partial charge >= 0.3 is 5.97 Å². The molecule has 7 nitrogen and oxygen atoms in total. The van der Waals surface area contributed by atoms with Crippen molar-refractivity contribution in [2.24, 2.45) is 11.8 Å². The number of amides is 2. The van der Waals surface area contributed by atoms with Gasteiger partial charge in [-0.15, -0.1) is 18.3 Å². The number of likely N-dealkylation sites (tertiary alicyclic amines) is 1. The average molecular weight is 572 g/mol. The molecule has 2 bridgehead atoms. The summed E-state index contributed by atoms with van der Waals surface area (Å²) < 4.78 is 4.77. The van der Waals surface area contributed by atoms with Crippen LogP contribution < -0.4 is 0 Å². The van der Waals surface area contributed by atoms with Gasteiger partial charge in [0.2, 0.25) is 11.8 Å². The summed E-state index contributed by atoms with van der Waals surface area (Å²) in [6.45, 7) is 11.3. The zero-order chi connectivity index (χ0) is 25.6. The summed E-state index contributed by atoms with van der Waals surface area (Å²) in [5.74, 6) is -1.71. The molecular weight excluding hydrogens is 532 g/mol. The predicted octanol–water partition coefficient (Wildman–Crippen LogP) is 3.55. The highest BCUT2D eigenvalue weighted by atomic mass is 79.9. The van der Waals surface area contributed by atoms with E-state index in [-0.39, 0.29) is 41.1 Å². The topological polar surface area (TPSA) is 87.1 Å². The fraction of sp³-hybridized carbons (Fsp3) is 0.731. The van der Waals surface area contributed by atoms with E-state index in [1.54, 1.807) is 22.7 Å². The Hall–Kier alpha value is -1.32. The van der Waals surface area contributed by atoms with Crippen LogP contribution in [0.15, 0.2) is 25.3 Å². The number of fused-ring (bicyclic) bond motifs is 1. The zero-order valence-corrected chi connectivity index (χ0v) is 23.1. The summed E-state index contributed by atoms with van der Waals surface area (Å²) in [7, 11) is 0. The smallest absolute Gasteiger partial charge is 0.311 e. The molecule has 0 aromatic carbocycles. The number of alkyl halides is 1. The molecule has 0 aromatic heterocycles. The fourth-order valence-corrected chi connectivity index (χ4v) is 9.49. The number of halogens is 1. The van der Waals surface area contributed by atoms with Crippen molar-refractivity contribution in [2.45, 2.75) is 72.7 Å². The van der Waals surface area contributed by atoms with E-state index < -0.39 is 22.6 Å². The number of ether oxygens (including phenoxy) is 1. The molecule has 0 radical (unpaired) electrons. The van der Waals surface area contributed by atoms with Crippen LogP contribution in [0.25, 0.3) is 0 Å². The van der Waals surface area contributed by atoms with Crippen LogP contribution in [-0.4, -0.2) is 86.4 Å². The average Bonchev–Trinajstić information content (AvgIpc) is 3.43. The molecule has 196 valence electrons. The predicted molar refractivity (Wildman–Crippen MR) is 142 cm³/mol. The number of carbonyl (C=O) groups excluding carboxylic acids is 3. The lowest BCUT2D eigenvalue weighted by Gasteiger charge is -2.38. The highest BCUT2D eigenvalue weighted by molar-refractivity contribution is 9.09. The third-order valence-corrected chi connectivity index (χ3v) is 10.6. The quantitative estimate of drug-likeness (QED) is 0.140. The third-order valence-electron chi connectivity index (χ3n) is 7.39. The van der Waals surface area contributed by atoms with Crippen LogP contribution in [0.3, 0.4) is 0 Å². The Morgan fingerprint density at radius 2 is 2.03 bits per heavy atom. The van der Waals surface area contributed by atoms with Gasteiger partial charge in [0.25, 0.3) is 0 Å². The Morgan fingerprint density at radius 1 is 1.26 bits per heavy atom. The molecule has 6 atom stereocenters. The first-order valence-corrected chi connectivity index (χ1v) is 14.6. The van der Waals surface area contributed by atoms with Gasteiger partial charge in [0.05, 0.1) is 16.6 Å². The molecule has 3 unspecified atom stereocenters. The Bertz CT molecular complexity index is 811. The van der Waals surface area contributed by atoms with Crippen molar-refractivity contribution in [3.05, 3.63) is 25.3 Å². The number of carbonyl (C=O) groups is 3. The molecule has 0 aliphatic carbocycles. The Labute approximate surface area is 221 Å². The number of unbranched alkanes of at least 4 members (excludes halogenated alkanes) is 4. The van der Waals surface area contributed by atoms with Gasteiger partial charge in [0, 0.05) is 36.3 Å². The lowest BCUT2D eigenvalue weighted by molar-refractivity contribution is -0.153. The summed E-state index contributed by atoms with van der Waals surface area (Å²) in [6, 6.07) is -0.622. The van der Waals surface area contributed by atoms with E-state index in [1.807, 2.05) is 4.90 Å². The van der Waals surface area contributed by atoms with Crippen LogP contribution in [0.2, 0.25) is 0 Å². The van der Waals surface area contributed by atoms with Crippen molar-refractivity contribution < 1.29 is 24.2 Å². The van der Waals surface area contributed by atoms with E-state index in [0.717, 1.165) is 25.7 Å². The van der Waals surface area contributed by atoms with Crippen LogP contribution in [0.4, 0.5) is 0 Å². The SMILES string of the molecule is C=CCOC(=O)[C@H]1[C@H]2C(=O)N(CCCCCO)C(C(=O)N(CC=C)CCCCC)C23CC(Br)[C@@H]1S3. The van der Waals surface area contributed by atoms with Crippen LogP contribution in [-0.2, 0) is 19.1 Å². The minimum Gasteiger partial charge on any atom is -0.461 e. The number of rotatable bonds is 15. The molecule has 3 aliphatic rings. The van der Waals surface area contributed by atoms with Crippen molar-refractivity contribution in [1.29, 1.82) is 0 Å². The van der Waals surface area contributed by atoms with Gasteiger partial charge < -0.3 is 19.6 Å². The van der Waals surface area contributed by atoms with E-state index in [9.17, 15) is 19.5 Å². The summed E-state index contributed by atoms with van der Waals surface area (Å²) in [5, 5.41) is 9.07. The largest absolute Gasteiger partial charge is 0.461 e. The second-order valence-electron chi connectivity index (χ2n) is 9.68. The molecule has 3 saturated heterocycles. The maximum atomic E-state index is 14.1. The second kappa shape index (κ2) is 12.8. The minimum atomic E-state index is -0.661. The van der Waals surface area contributed by atoms with Gasteiger partial charge in [-0.2, -0.15) is 0 Å². The molecule has 1 N–H and O–H groups in total. The van der Waals surface area contributed by atoms with Crippen LogP contribution in [0, 0.1) is 11.8 Å². The maximum Gasteiger partial charge on any atom is 0.311 e. The number of aliphatic hydroxyl groups excluding tert-OH is 1. The molecule has 2 amide bonds. The second-order valence-corrected chi connectivity index (χ2v) is 12.4. The first-order chi connectivity index (χ1) is 16.9. The zero-order valence-electron chi connectivity index (χ0n) is 20.7. The number of hydrogen-bond acceptors (Lipinski definition) is 6. The molecule has 3 heterocycles. The van der Waals surface area contributed by atoms with E-state index in [0.29, 0.717) is 38.9 Å². The van der Waals surface area contributed by atoms with Gasteiger partial charge in [0.15, 0.2) is 0 Å². The summed E-state index contributed by atoms with van der Waals surface area (Å²) in [6.07, 6.45) is 9.04. The molecule has 1 spiro atoms. The molecular formula is C26H39BrN2O5S. The highest BCUT2D eigenvalue weighted by Crippen LogP contribution is 2.68. The van der Waals surface area contributed by atoms with Crippen molar-refractivity contribution in [3.8, 4) is 0 Å². The highest BCUT2D eigenvalue weighted by Gasteiger charge is 2.76. The van der Waals surface area contributed by atoms with Crippen molar-refractivity contribution in [1.82, 2.24) is 9.80 Å². The lowest BCUT2D eigenvalue weighted by Crippen LogP contribution is -2.55. The van der Waals surface area contributed by atoms with Crippen LogP contribution >= 0.6 is 27.7 Å². The molecule has 0 aromatic rings. The number of esters is 1. The summed E-state index contributed by atoms with van der Waals surface area (Å²) >= 11 is 5.39. The number of hydrogen-bond donors (Lipinski definition) is 1. The van der Waals surface area contributed by atoms with Crippen LogP contribution in [0.5, 0.6) is 0 Å². The Morgan fingerprint density at radius 3 is 2.69 bits per heavy atom. The molecule has 0 saturated carbocycles.